The van der Waals surface area contributed by atoms with Crippen LogP contribution in [-0.4, -0.2) is 28.1 Å². The first-order valence-electron chi connectivity index (χ1n) is 7.99. The number of carbonyl (C=O) groups excluding carboxylic acids is 2. The highest BCUT2D eigenvalue weighted by Gasteiger charge is 2.11. The highest BCUT2D eigenvalue weighted by Crippen LogP contribution is 2.14. The Hall–Kier alpha value is -2.87. The number of carbonyl (C=O) groups is 2. The standard InChI is InChI=1S/C18H17BrN4O3/c19-14-5-3-13(4-6-14)12-23-16(7-10-21-23)22-17(24)8-9-20-18(25)15-2-1-11-26-15/h1-7,10-11H,8-9,12H2,(H,20,25)(H,22,24). The Morgan fingerprint density at radius 2 is 1.96 bits per heavy atom. The van der Waals surface area contributed by atoms with E-state index in [9.17, 15) is 9.59 Å². The van der Waals surface area contributed by atoms with Crippen molar-refractivity contribution in [1.29, 1.82) is 0 Å². The minimum absolute atomic E-state index is 0.149. The van der Waals surface area contributed by atoms with E-state index in [4.69, 9.17) is 4.42 Å². The predicted octanol–water partition coefficient (Wildman–Crippen LogP) is 3.05. The van der Waals surface area contributed by atoms with Gasteiger partial charge >= 0.3 is 0 Å². The molecule has 0 atom stereocenters. The zero-order valence-electron chi connectivity index (χ0n) is 13.8. The molecule has 2 amide bonds. The molecule has 134 valence electrons. The second-order valence-corrected chi connectivity index (χ2v) is 6.45. The summed E-state index contributed by atoms with van der Waals surface area (Å²) in [5.41, 5.74) is 1.07. The largest absolute Gasteiger partial charge is 0.459 e. The Bertz CT molecular complexity index is 872. The number of aromatic nitrogens is 2. The van der Waals surface area contributed by atoms with E-state index in [2.05, 4.69) is 31.7 Å². The minimum Gasteiger partial charge on any atom is -0.459 e. The summed E-state index contributed by atoms with van der Waals surface area (Å²) in [6, 6.07) is 12.8. The van der Waals surface area contributed by atoms with Crippen LogP contribution in [0.5, 0.6) is 0 Å². The summed E-state index contributed by atoms with van der Waals surface area (Å²) >= 11 is 3.40. The molecule has 26 heavy (non-hydrogen) atoms. The lowest BCUT2D eigenvalue weighted by atomic mass is 10.2. The zero-order valence-corrected chi connectivity index (χ0v) is 15.4. The first-order chi connectivity index (χ1) is 12.6. The molecule has 0 saturated carbocycles. The molecule has 7 nitrogen and oxygen atoms in total. The number of halogens is 1. The minimum atomic E-state index is -0.344. The summed E-state index contributed by atoms with van der Waals surface area (Å²) < 4.78 is 7.71. The smallest absolute Gasteiger partial charge is 0.286 e. The summed E-state index contributed by atoms with van der Waals surface area (Å²) in [7, 11) is 0. The summed E-state index contributed by atoms with van der Waals surface area (Å²) in [5, 5.41) is 9.68. The van der Waals surface area contributed by atoms with Crippen molar-refractivity contribution < 1.29 is 14.0 Å². The SMILES string of the molecule is O=C(CCNC(=O)c1ccco1)Nc1ccnn1Cc1ccc(Br)cc1. The Kier molecular flexibility index (Phi) is 5.85. The third kappa shape index (κ3) is 4.82. The molecular weight excluding hydrogens is 400 g/mol. The number of hydrogen-bond acceptors (Lipinski definition) is 4. The number of furan rings is 1. The zero-order chi connectivity index (χ0) is 18.4. The van der Waals surface area contributed by atoms with Crippen molar-refractivity contribution in [2.45, 2.75) is 13.0 Å². The van der Waals surface area contributed by atoms with E-state index in [-0.39, 0.29) is 30.5 Å². The molecule has 1 aromatic carbocycles. The average Bonchev–Trinajstić information content (AvgIpc) is 3.29. The summed E-state index contributed by atoms with van der Waals surface area (Å²) in [6.45, 7) is 0.761. The summed E-state index contributed by atoms with van der Waals surface area (Å²) in [4.78, 5) is 23.8. The normalized spacial score (nSPS) is 10.5. The maximum absolute atomic E-state index is 12.1. The van der Waals surface area contributed by atoms with Gasteiger partial charge in [-0.25, -0.2) is 4.68 Å². The van der Waals surface area contributed by atoms with Crippen molar-refractivity contribution >= 4 is 33.6 Å². The van der Waals surface area contributed by atoms with Gasteiger partial charge in [-0.3, -0.25) is 9.59 Å². The molecule has 0 radical (unpaired) electrons. The Balaban J connectivity index is 1.49. The second kappa shape index (κ2) is 8.48. The van der Waals surface area contributed by atoms with Gasteiger partial charge in [0.15, 0.2) is 5.76 Å². The van der Waals surface area contributed by atoms with Crippen LogP contribution >= 0.6 is 15.9 Å². The number of hydrogen-bond donors (Lipinski definition) is 2. The lowest BCUT2D eigenvalue weighted by molar-refractivity contribution is -0.116. The van der Waals surface area contributed by atoms with E-state index in [1.165, 1.54) is 6.26 Å². The van der Waals surface area contributed by atoms with Gasteiger partial charge in [0.25, 0.3) is 5.91 Å². The molecule has 8 heteroatoms. The molecular formula is C18H17BrN4O3. The molecule has 0 unspecified atom stereocenters. The number of benzene rings is 1. The fourth-order valence-corrected chi connectivity index (χ4v) is 2.58. The van der Waals surface area contributed by atoms with Crippen molar-refractivity contribution in [2.24, 2.45) is 0 Å². The summed E-state index contributed by atoms with van der Waals surface area (Å²) in [6.07, 6.45) is 3.21. The molecule has 0 aliphatic carbocycles. The monoisotopic (exact) mass is 416 g/mol. The fraction of sp³-hybridized carbons (Fsp3) is 0.167. The lowest BCUT2D eigenvalue weighted by Gasteiger charge is -2.09. The van der Waals surface area contributed by atoms with Crippen molar-refractivity contribution in [3.63, 3.8) is 0 Å². The molecule has 0 bridgehead atoms. The summed E-state index contributed by atoms with van der Waals surface area (Å²) in [5.74, 6) is 0.277. The van der Waals surface area contributed by atoms with Crippen LogP contribution < -0.4 is 10.6 Å². The number of anilines is 1. The van der Waals surface area contributed by atoms with Crippen LogP contribution in [0.1, 0.15) is 22.5 Å². The van der Waals surface area contributed by atoms with Gasteiger partial charge in [-0.1, -0.05) is 28.1 Å². The quantitative estimate of drug-likeness (QED) is 0.619. The molecule has 3 rings (SSSR count). The van der Waals surface area contributed by atoms with Crippen LogP contribution in [0.25, 0.3) is 0 Å². The van der Waals surface area contributed by atoms with Crippen LogP contribution in [0.3, 0.4) is 0 Å². The molecule has 2 heterocycles. The topological polar surface area (TPSA) is 89.2 Å². The van der Waals surface area contributed by atoms with E-state index in [1.807, 2.05) is 24.3 Å². The van der Waals surface area contributed by atoms with Crippen molar-refractivity contribution in [3.8, 4) is 0 Å². The van der Waals surface area contributed by atoms with Crippen LogP contribution in [0.2, 0.25) is 0 Å². The number of amides is 2. The van der Waals surface area contributed by atoms with Crippen molar-refractivity contribution in [3.05, 3.63) is 70.7 Å². The molecule has 0 aliphatic rings. The van der Waals surface area contributed by atoms with Gasteiger partial charge in [-0.2, -0.15) is 5.10 Å². The maximum atomic E-state index is 12.1. The van der Waals surface area contributed by atoms with Crippen LogP contribution in [0.4, 0.5) is 5.82 Å². The van der Waals surface area contributed by atoms with Crippen molar-refractivity contribution in [2.75, 3.05) is 11.9 Å². The predicted molar refractivity (Wildman–Crippen MR) is 99.8 cm³/mol. The molecule has 2 aromatic heterocycles. The Labute approximate surface area is 158 Å². The molecule has 0 aliphatic heterocycles. The van der Waals surface area contributed by atoms with Gasteiger partial charge in [0.2, 0.25) is 5.91 Å². The van der Waals surface area contributed by atoms with E-state index < -0.39 is 0 Å². The van der Waals surface area contributed by atoms with Crippen molar-refractivity contribution in [1.82, 2.24) is 15.1 Å². The second-order valence-electron chi connectivity index (χ2n) is 5.53. The van der Waals surface area contributed by atoms with E-state index in [1.54, 1.807) is 29.1 Å². The molecule has 0 fully saturated rings. The van der Waals surface area contributed by atoms with Gasteiger partial charge < -0.3 is 15.1 Å². The Morgan fingerprint density at radius 3 is 2.69 bits per heavy atom. The highest BCUT2D eigenvalue weighted by molar-refractivity contribution is 9.10. The molecule has 2 N–H and O–H groups in total. The van der Waals surface area contributed by atoms with Crippen LogP contribution in [0.15, 0.2) is 63.8 Å². The maximum Gasteiger partial charge on any atom is 0.286 e. The molecule has 0 spiro atoms. The lowest BCUT2D eigenvalue weighted by Crippen LogP contribution is -2.27. The van der Waals surface area contributed by atoms with E-state index >= 15 is 0 Å². The first-order valence-corrected chi connectivity index (χ1v) is 8.79. The average molecular weight is 417 g/mol. The third-order valence-corrected chi connectivity index (χ3v) is 4.14. The fourth-order valence-electron chi connectivity index (χ4n) is 2.32. The van der Waals surface area contributed by atoms with Gasteiger partial charge in [0.1, 0.15) is 5.82 Å². The first kappa shape index (κ1) is 17.9. The van der Waals surface area contributed by atoms with Gasteiger partial charge in [-0.05, 0) is 29.8 Å². The molecule has 3 aromatic rings. The van der Waals surface area contributed by atoms with E-state index in [0.29, 0.717) is 12.4 Å². The number of nitrogens with zero attached hydrogens (tertiary/aromatic N) is 2. The number of rotatable bonds is 7. The third-order valence-electron chi connectivity index (χ3n) is 3.61. The van der Waals surface area contributed by atoms with Gasteiger partial charge in [0, 0.05) is 23.5 Å². The van der Waals surface area contributed by atoms with Crippen LogP contribution in [0, 0.1) is 0 Å². The van der Waals surface area contributed by atoms with Gasteiger partial charge in [-0.15, -0.1) is 0 Å². The van der Waals surface area contributed by atoms with E-state index in [0.717, 1.165) is 10.0 Å². The number of nitrogens with one attached hydrogen (secondary N) is 2. The van der Waals surface area contributed by atoms with Crippen LogP contribution in [-0.2, 0) is 11.3 Å². The Morgan fingerprint density at radius 1 is 1.15 bits per heavy atom. The highest BCUT2D eigenvalue weighted by atomic mass is 79.9. The molecule has 0 saturated heterocycles. The van der Waals surface area contributed by atoms with Gasteiger partial charge in [0.05, 0.1) is 19.0 Å².